The highest BCUT2D eigenvalue weighted by Crippen LogP contribution is 2.15. The fraction of sp³-hybridized carbons (Fsp3) is 0.611. The van der Waals surface area contributed by atoms with Gasteiger partial charge in [0.05, 0.1) is 26.3 Å². The Morgan fingerprint density at radius 1 is 1.27 bits per heavy atom. The predicted molar refractivity (Wildman–Crippen MR) is 121 cm³/mol. The number of nitrogens with zero attached hydrogens (tertiary/aromatic N) is 2. The van der Waals surface area contributed by atoms with Gasteiger partial charge in [-0.15, -0.1) is 24.0 Å². The summed E-state index contributed by atoms with van der Waals surface area (Å²) in [6.45, 7) is 10.8. The summed E-state index contributed by atoms with van der Waals surface area (Å²) >= 11 is 3.42. The summed E-state index contributed by atoms with van der Waals surface area (Å²) in [6, 6.07) is 8.27. The third kappa shape index (κ3) is 8.88. The van der Waals surface area contributed by atoms with Crippen molar-refractivity contribution in [2.24, 2.45) is 4.99 Å². The van der Waals surface area contributed by atoms with E-state index >= 15 is 0 Å². The van der Waals surface area contributed by atoms with Crippen molar-refractivity contribution in [1.82, 2.24) is 15.5 Å². The topological polar surface area (TPSA) is 58.1 Å². The van der Waals surface area contributed by atoms with Crippen molar-refractivity contribution in [2.75, 3.05) is 52.5 Å². The lowest BCUT2D eigenvalue weighted by molar-refractivity contribution is 0.0220. The molecule has 0 bridgehead atoms. The van der Waals surface area contributed by atoms with Gasteiger partial charge in [0.15, 0.2) is 5.96 Å². The van der Waals surface area contributed by atoms with Gasteiger partial charge in [-0.3, -0.25) is 9.89 Å². The number of ether oxygens (including phenoxy) is 2. The van der Waals surface area contributed by atoms with Crippen LogP contribution in [-0.4, -0.2) is 69.4 Å². The second-order valence-corrected chi connectivity index (χ2v) is 6.86. The molecule has 2 N–H and O–H groups in total. The van der Waals surface area contributed by atoms with Crippen LogP contribution in [0.25, 0.3) is 0 Å². The first kappa shape index (κ1) is 23.5. The normalized spacial score (nSPS) is 16.5. The van der Waals surface area contributed by atoms with Crippen molar-refractivity contribution < 1.29 is 9.47 Å². The summed E-state index contributed by atoms with van der Waals surface area (Å²) in [5.74, 6) is 1.70. The van der Waals surface area contributed by atoms with Gasteiger partial charge in [0, 0.05) is 30.1 Å². The summed E-state index contributed by atoms with van der Waals surface area (Å²) in [5.41, 5.74) is 0. The Morgan fingerprint density at radius 3 is 2.62 bits per heavy atom. The molecule has 1 unspecified atom stereocenters. The predicted octanol–water partition coefficient (Wildman–Crippen LogP) is 2.72. The van der Waals surface area contributed by atoms with Crippen LogP contribution in [-0.2, 0) is 4.74 Å². The Hall–Kier alpha value is -0.580. The lowest BCUT2D eigenvalue weighted by Gasteiger charge is -2.31. The first-order valence-electron chi connectivity index (χ1n) is 8.91. The Bertz CT molecular complexity index is 524. The molecule has 26 heavy (non-hydrogen) atoms. The van der Waals surface area contributed by atoms with E-state index in [9.17, 15) is 0 Å². The molecule has 0 spiro atoms. The van der Waals surface area contributed by atoms with Crippen LogP contribution in [0, 0.1) is 0 Å². The van der Waals surface area contributed by atoms with Crippen molar-refractivity contribution in [3.63, 3.8) is 0 Å². The molecule has 0 aliphatic carbocycles. The standard InChI is InChI=1S/C18H29BrN4O2.HI/c1-3-20-18(22-14-15(2)23-9-12-24-13-10-23)21-8-11-25-17-6-4-16(19)5-7-17;/h4-7,15H,3,8-14H2,1-2H3,(H2,20,21,22);1H. The molecule has 1 aromatic rings. The van der Waals surface area contributed by atoms with Gasteiger partial charge in [0.1, 0.15) is 12.4 Å². The first-order chi connectivity index (χ1) is 12.2. The van der Waals surface area contributed by atoms with Gasteiger partial charge in [-0.2, -0.15) is 0 Å². The number of halogens is 2. The number of rotatable bonds is 8. The molecule has 0 saturated carbocycles. The molecular weight excluding hydrogens is 511 g/mol. The highest BCUT2D eigenvalue weighted by molar-refractivity contribution is 14.0. The van der Waals surface area contributed by atoms with Gasteiger partial charge in [-0.25, -0.2) is 0 Å². The van der Waals surface area contributed by atoms with Gasteiger partial charge < -0.3 is 20.1 Å². The number of aliphatic imine (C=N–C) groups is 1. The van der Waals surface area contributed by atoms with E-state index in [-0.39, 0.29) is 24.0 Å². The van der Waals surface area contributed by atoms with Crippen LogP contribution in [0.15, 0.2) is 33.7 Å². The number of benzene rings is 1. The van der Waals surface area contributed by atoms with E-state index in [2.05, 4.69) is 45.3 Å². The van der Waals surface area contributed by atoms with E-state index in [0.29, 0.717) is 19.2 Å². The minimum absolute atomic E-state index is 0. The minimum Gasteiger partial charge on any atom is -0.492 e. The van der Waals surface area contributed by atoms with E-state index in [1.165, 1.54) is 0 Å². The number of morpholine rings is 1. The molecule has 1 aliphatic heterocycles. The van der Waals surface area contributed by atoms with Crippen LogP contribution in [0.2, 0.25) is 0 Å². The zero-order chi connectivity index (χ0) is 17.9. The van der Waals surface area contributed by atoms with Crippen LogP contribution in [0.4, 0.5) is 0 Å². The van der Waals surface area contributed by atoms with Crippen LogP contribution >= 0.6 is 39.9 Å². The first-order valence-corrected chi connectivity index (χ1v) is 9.70. The second-order valence-electron chi connectivity index (χ2n) is 5.95. The van der Waals surface area contributed by atoms with Crippen LogP contribution < -0.4 is 15.4 Å². The van der Waals surface area contributed by atoms with E-state index in [1.54, 1.807) is 0 Å². The summed E-state index contributed by atoms with van der Waals surface area (Å²) in [5, 5.41) is 6.60. The van der Waals surface area contributed by atoms with Crippen molar-refractivity contribution in [3.05, 3.63) is 28.7 Å². The van der Waals surface area contributed by atoms with Crippen molar-refractivity contribution in [2.45, 2.75) is 19.9 Å². The molecule has 8 heteroatoms. The quantitative estimate of drug-likeness (QED) is 0.230. The monoisotopic (exact) mass is 540 g/mol. The fourth-order valence-corrected chi connectivity index (χ4v) is 2.83. The Kier molecular flexibility index (Phi) is 12.2. The molecule has 0 aromatic heterocycles. The van der Waals surface area contributed by atoms with Crippen molar-refractivity contribution >= 4 is 45.9 Å². The van der Waals surface area contributed by atoms with Gasteiger partial charge in [-0.1, -0.05) is 15.9 Å². The van der Waals surface area contributed by atoms with Crippen LogP contribution in [0.3, 0.4) is 0 Å². The molecule has 1 fully saturated rings. The zero-order valence-corrected chi connectivity index (χ0v) is 19.5. The molecule has 1 heterocycles. The molecule has 1 aromatic carbocycles. The number of nitrogens with one attached hydrogen (secondary N) is 2. The van der Waals surface area contributed by atoms with Crippen LogP contribution in [0.5, 0.6) is 5.75 Å². The average molecular weight is 541 g/mol. The Morgan fingerprint density at radius 2 is 1.96 bits per heavy atom. The van der Waals surface area contributed by atoms with E-state index in [0.717, 1.165) is 55.6 Å². The van der Waals surface area contributed by atoms with Gasteiger partial charge in [0.25, 0.3) is 0 Å². The molecule has 1 aliphatic rings. The Labute approximate surface area is 182 Å². The lowest BCUT2D eigenvalue weighted by atomic mass is 10.2. The van der Waals surface area contributed by atoms with Gasteiger partial charge in [0.2, 0.25) is 0 Å². The number of hydrogen-bond donors (Lipinski definition) is 2. The summed E-state index contributed by atoms with van der Waals surface area (Å²) in [4.78, 5) is 7.12. The average Bonchev–Trinajstić information content (AvgIpc) is 2.65. The molecule has 6 nitrogen and oxygen atoms in total. The smallest absolute Gasteiger partial charge is 0.191 e. The summed E-state index contributed by atoms with van der Waals surface area (Å²) in [6.07, 6.45) is 0. The molecule has 0 amide bonds. The van der Waals surface area contributed by atoms with Crippen LogP contribution in [0.1, 0.15) is 13.8 Å². The summed E-state index contributed by atoms with van der Waals surface area (Å²) < 4.78 is 12.2. The van der Waals surface area contributed by atoms with E-state index in [4.69, 9.17) is 14.5 Å². The van der Waals surface area contributed by atoms with E-state index < -0.39 is 0 Å². The highest BCUT2D eigenvalue weighted by atomic mass is 127. The largest absolute Gasteiger partial charge is 0.492 e. The third-order valence-electron chi connectivity index (χ3n) is 4.00. The molecule has 0 radical (unpaired) electrons. The highest BCUT2D eigenvalue weighted by Gasteiger charge is 2.16. The molecule has 1 saturated heterocycles. The lowest BCUT2D eigenvalue weighted by Crippen LogP contribution is -2.44. The molecule has 2 rings (SSSR count). The molecule has 148 valence electrons. The number of hydrogen-bond acceptors (Lipinski definition) is 4. The van der Waals surface area contributed by atoms with Crippen molar-refractivity contribution in [1.29, 1.82) is 0 Å². The Balaban J connectivity index is 0.00000338. The van der Waals surface area contributed by atoms with Gasteiger partial charge in [-0.05, 0) is 38.1 Å². The number of guanidine groups is 1. The molecular formula is C18H30BrIN4O2. The van der Waals surface area contributed by atoms with E-state index in [1.807, 2.05) is 24.3 Å². The SMILES string of the molecule is CCNC(=NCC(C)N1CCOCC1)NCCOc1ccc(Br)cc1.I. The summed E-state index contributed by atoms with van der Waals surface area (Å²) in [7, 11) is 0. The minimum atomic E-state index is 0. The maximum Gasteiger partial charge on any atom is 0.191 e. The molecule has 1 atom stereocenters. The van der Waals surface area contributed by atoms with Crippen molar-refractivity contribution in [3.8, 4) is 5.75 Å². The third-order valence-corrected chi connectivity index (χ3v) is 4.53. The maximum atomic E-state index is 5.72. The zero-order valence-electron chi connectivity index (χ0n) is 15.5. The maximum absolute atomic E-state index is 5.72. The fourth-order valence-electron chi connectivity index (χ4n) is 2.57. The second kappa shape index (κ2) is 13.6. The van der Waals surface area contributed by atoms with Gasteiger partial charge >= 0.3 is 0 Å².